The van der Waals surface area contributed by atoms with Crippen LogP contribution in [0.1, 0.15) is 5.56 Å². The topological polar surface area (TPSA) is 113 Å². The van der Waals surface area contributed by atoms with E-state index in [4.69, 9.17) is 22.8 Å². The number of benzene rings is 1. The number of anilines is 1. The van der Waals surface area contributed by atoms with E-state index in [1.807, 2.05) is 0 Å². The van der Waals surface area contributed by atoms with Crippen LogP contribution in [-0.4, -0.2) is 33.3 Å². The van der Waals surface area contributed by atoms with E-state index in [2.05, 4.69) is 20.7 Å². The normalized spacial score (nSPS) is 10.8. The van der Waals surface area contributed by atoms with Crippen molar-refractivity contribution in [2.75, 3.05) is 18.4 Å². The molecule has 8 nitrogen and oxygen atoms in total. The van der Waals surface area contributed by atoms with Crippen LogP contribution in [0.2, 0.25) is 0 Å². The van der Waals surface area contributed by atoms with Crippen molar-refractivity contribution in [1.29, 1.82) is 0 Å². The molecule has 0 spiro atoms. The summed E-state index contributed by atoms with van der Waals surface area (Å²) in [6, 6.07) is 4.89. The van der Waals surface area contributed by atoms with Gasteiger partial charge in [-0.15, -0.1) is 5.10 Å². The minimum atomic E-state index is 0.0351. The number of phenols is 1. The lowest BCUT2D eigenvalue weighted by Gasteiger charge is -2.03. The molecular formula is C10H12N6O2S. The van der Waals surface area contributed by atoms with Gasteiger partial charge in [-0.3, -0.25) is 0 Å². The third-order valence-electron chi connectivity index (χ3n) is 2.29. The van der Waals surface area contributed by atoms with Crippen molar-refractivity contribution in [3.8, 4) is 11.5 Å². The first kappa shape index (κ1) is 12.9. The molecule has 5 N–H and O–H groups in total. The summed E-state index contributed by atoms with van der Waals surface area (Å²) in [5.74, 6) is 6.28. The average molecular weight is 280 g/mol. The number of phenolic OH excluding ortho intramolecular Hbond substituents is 1. The van der Waals surface area contributed by atoms with E-state index < -0.39 is 0 Å². The molecule has 9 heteroatoms. The molecule has 0 saturated heterocycles. The number of methoxy groups -OCH3 is 1. The van der Waals surface area contributed by atoms with E-state index in [0.717, 1.165) is 4.68 Å². The van der Waals surface area contributed by atoms with Gasteiger partial charge in [-0.25, -0.2) is 10.5 Å². The monoisotopic (exact) mass is 280 g/mol. The first-order valence-electron chi connectivity index (χ1n) is 5.20. The van der Waals surface area contributed by atoms with Gasteiger partial charge in [-0.2, -0.15) is 9.78 Å². The van der Waals surface area contributed by atoms with Crippen molar-refractivity contribution in [2.24, 2.45) is 5.10 Å². The molecule has 0 amide bonds. The molecule has 0 aliphatic heterocycles. The van der Waals surface area contributed by atoms with Gasteiger partial charge in [0.15, 0.2) is 11.5 Å². The number of nitrogens with one attached hydrogen (secondary N) is 2. The van der Waals surface area contributed by atoms with Crippen molar-refractivity contribution in [1.82, 2.24) is 14.9 Å². The maximum Gasteiger partial charge on any atom is 0.262 e. The minimum Gasteiger partial charge on any atom is -0.504 e. The molecule has 1 aromatic heterocycles. The van der Waals surface area contributed by atoms with Gasteiger partial charge in [0, 0.05) is 0 Å². The van der Waals surface area contributed by atoms with Crippen LogP contribution < -0.4 is 16.0 Å². The number of nitrogen functional groups attached to an aromatic ring is 1. The first-order chi connectivity index (χ1) is 9.11. The fourth-order valence-corrected chi connectivity index (χ4v) is 1.47. The maximum absolute atomic E-state index is 9.59. The summed E-state index contributed by atoms with van der Waals surface area (Å²) >= 11 is 4.84. The Labute approximate surface area is 113 Å². The fraction of sp³-hybridized carbons (Fsp3) is 0.100. The van der Waals surface area contributed by atoms with Crippen LogP contribution >= 0.6 is 12.2 Å². The lowest BCUT2D eigenvalue weighted by atomic mass is 10.2. The van der Waals surface area contributed by atoms with Crippen molar-refractivity contribution in [2.45, 2.75) is 0 Å². The van der Waals surface area contributed by atoms with Gasteiger partial charge in [0.1, 0.15) is 0 Å². The molecule has 19 heavy (non-hydrogen) atoms. The number of aromatic hydroxyl groups is 1. The number of nitrogens with two attached hydrogens (primary N) is 1. The van der Waals surface area contributed by atoms with E-state index in [9.17, 15) is 5.11 Å². The summed E-state index contributed by atoms with van der Waals surface area (Å²) in [7, 11) is 1.48. The van der Waals surface area contributed by atoms with Gasteiger partial charge in [-0.05, 0) is 36.0 Å². The van der Waals surface area contributed by atoms with E-state index in [0.29, 0.717) is 11.3 Å². The average Bonchev–Trinajstić information content (AvgIpc) is 2.71. The predicted molar refractivity (Wildman–Crippen MR) is 73.4 cm³/mol. The number of nitrogens with zero attached hydrogens (tertiary/aromatic N) is 3. The highest BCUT2D eigenvalue weighted by molar-refractivity contribution is 7.71. The minimum absolute atomic E-state index is 0.0351. The summed E-state index contributed by atoms with van der Waals surface area (Å²) in [6.45, 7) is 0. The van der Waals surface area contributed by atoms with Gasteiger partial charge in [-0.1, -0.05) is 0 Å². The Hall–Kier alpha value is -2.55. The maximum atomic E-state index is 9.59. The first-order valence-corrected chi connectivity index (χ1v) is 5.61. The lowest BCUT2D eigenvalue weighted by molar-refractivity contribution is 0.373. The molecule has 1 heterocycles. The fourth-order valence-electron chi connectivity index (χ4n) is 1.34. The van der Waals surface area contributed by atoms with Crippen LogP contribution in [-0.2, 0) is 0 Å². The van der Waals surface area contributed by atoms with Gasteiger partial charge in [0.05, 0.1) is 13.3 Å². The highest BCUT2D eigenvalue weighted by Gasteiger charge is 2.01. The lowest BCUT2D eigenvalue weighted by Crippen LogP contribution is -2.11. The molecule has 0 fully saturated rings. The number of hydrazone groups is 1. The third kappa shape index (κ3) is 2.83. The van der Waals surface area contributed by atoms with Gasteiger partial charge in [0.2, 0.25) is 4.77 Å². The van der Waals surface area contributed by atoms with Gasteiger partial charge in [0.25, 0.3) is 5.95 Å². The molecule has 0 saturated carbocycles. The molecule has 0 aliphatic carbocycles. The molecule has 0 atom stereocenters. The number of aromatic nitrogens is 3. The second kappa shape index (κ2) is 5.40. The summed E-state index contributed by atoms with van der Waals surface area (Å²) < 4.78 is 6.37. The second-order valence-electron chi connectivity index (χ2n) is 3.52. The standard InChI is InChI=1S/C10H12N6O2S/c1-18-8-3-2-6(4-7(8)17)5-12-13-9-14-15-10(19)16(9)11/h2-5,17H,11H2,1H3,(H,13,14)(H,15,19)/b12-5+. The number of rotatable bonds is 4. The van der Waals surface area contributed by atoms with Crippen molar-refractivity contribution >= 4 is 24.4 Å². The quantitative estimate of drug-likeness (QED) is 0.285. The van der Waals surface area contributed by atoms with Crippen molar-refractivity contribution < 1.29 is 9.84 Å². The van der Waals surface area contributed by atoms with Crippen LogP contribution in [0.3, 0.4) is 0 Å². The van der Waals surface area contributed by atoms with E-state index in [-0.39, 0.29) is 16.5 Å². The summed E-state index contributed by atoms with van der Waals surface area (Å²) in [5.41, 5.74) is 3.30. The highest BCUT2D eigenvalue weighted by Crippen LogP contribution is 2.25. The Bertz CT molecular complexity index is 662. The Morgan fingerprint density at radius 2 is 2.42 bits per heavy atom. The number of hydrogen-bond donors (Lipinski definition) is 4. The molecule has 0 aliphatic rings. The molecule has 100 valence electrons. The van der Waals surface area contributed by atoms with Crippen LogP contribution in [0.25, 0.3) is 0 Å². The SMILES string of the molecule is COc1ccc(/C=N/Nc2n[nH]c(=S)n2N)cc1O. The van der Waals surface area contributed by atoms with Crippen LogP contribution in [0, 0.1) is 4.77 Å². The second-order valence-corrected chi connectivity index (χ2v) is 3.91. The summed E-state index contributed by atoms with van der Waals surface area (Å²) in [6.07, 6.45) is 1.50. The Kier molecular flexibility index (Phi) is 3.66. The van der Waals surface area contributed by atoms with E-state index in [1.54, 1.807) is 12.1 Å². The van der Waals surface area contributed by atoms with E-state index in [1.165, 1.54) is 19.4 Å². The molecule has 0 unspecified atom stereocenters. The number of aromatic amines is 1. The highest BCUT2D eigenvalue weighted by atomic mass is 32.1. The van der Waals surface area contributed by atoms with E-state index >= 15 is 0 Å². The zero-order valence-corrected chi connectivity index (χ0v) is 10.8. The third-order valence-corrected chi connectivity index (χ3v) is 2.57. The predicted octanol–water partition coefficient (Wildman–Crippen LogP) is 0.815. The largest absolute Gasteiger partial charge is 0.504 e. The Balaban J connectivity index is 2.09. The molecule has 1 aromatic carbocycles. The summed E-state index contributed by atoms with van der Waals surface area (Å²) in [4.78, 5) is 0. The number of hydrogen-bond acceptors (Lipinski definition) is 7. The molecule has 2 rings (SSSR count). The molecule has 0 radical (unpaired) electrons. The Morgan fingerprint density at radius 1 is 1.63 bits per heavy atom. The van der Waals surface area contributed by atoms with Gasteiger partial charge < -0.3 is 15.7 Å². The van der Waals surface area contributed by atoms with Crippen LogP contribution in [0.5, 0.6) is 11.5 Å². The summed E-state index contributed by atoms with van der Waals surface area (Å²) in [5, 5.41) is 19.8. The van der Waals surface area contributed by atoms with Crippen molar-refractivity contribution in [3.63, 3.8) is 0 Å². The smallest absolute Gasteiger partial charge is 0.262 e. The van der Waals surface area contributed by atoms with Crippen LogP contribution in [0.15, 0.2) is 23.3 Å². The zero-order chi connectivity index (χ0) is 13.8. The molecule has 0 bridgehead atoms. The number of ether oxygens (including phenoxy) is 1. The zero-order valence-electron chi connectivity index (χ0n) is 9.99. The van der Waals surface area contributed by atoms with Crippen molar-refractivity contribution in [3.05, 3.63) is 28.5 Å². The van der Waals surface area contributed by atoms with Gasteiger partial charge >= 0.3 is 0 Å². The molecular weight excluding hydrogens is 268 g/mol. The Morgan fingerprint density at radius 3 is 3.00 bits per heavy atom. The number of H-pyrrole nitrogens is 1. The molecule has 2 aromatic rings. The van der Waals surface area contributed by atoms with Crippen LogP contribution in [0.4, 0.5) is 5.95 Å².